The zero-order valence-corrected chi connectivity index (χ0v) is 17.1. The third-order valence-corrected chi connectivity index (χ3v) is 4.84. The van der Waals surface area contributed by atoms with Crippen molar-refractivity contribution in [1.82, 2.24) is 0 Å². The van der Waals surface area contributed by atoms with Crippen molar-refractivity contribution in [2.45, 2.75) is 39.5 Å². The molecule has 0 fully saturated rings. The summed E-state index contributed by atoms with van der Waals surface area (Å²) in [7, 11) is 0. The maximum Gasteiger partial charge on any atom is 0.179 e. The molecule has 5 heteroatoms. The van der Waals surface area contributed by atoms with E-state index in [0.29, 0.717) is 41.9 Å². The molecule has 144 valence electrons. The normalized spacial score (nSPS) is 11.0. The fourth-order valence-corrected chi connectivity index (χ4v) is 2.81. The molecule has 2 rings (SSSR count). The van der Waals surface area contributed by atoms with E-state index in [1.54, 1.807) is 12.1 Å². The van der Waals surface area contributed by atoms with Crippen LogP contribution in [0.5, 0.6) is 17.2 Å². The molecule has 0 saturated heterocycles. The van der Waals surface area contributed by atoms with Crippen molar-refractivity contribution in [2.24, 2.45) is 0 Å². The Balaban J connectivity index is 1.94. The van der Waals surface area contributed by atoms with Crippen LogP contribution in [0.3, 0.4) is 0 Å². The van der Waals surface area contributed by atoms with Gasteiger partial charge in [-0.2, -0.15) is 5.26 Å². The van der Waals surface area contributed by atoms with Gasteiger partial charge in [-0.1, -0.05) is 44.5 Å². The Morgan fingerprint density at radius 1 is 1.00 bits per heavy atom. The molecule has 0 N–H and O–H groups in total. The van der Waals surface area contributed by atoms with Crippen molar-refractivity contribution in [3.63, 3.8) is 0 Å². The molecule has 0 radical (unpaired) electrons. The van der Waals surface area contributed by atoms with E-state index in [1.165, 1.54) is 5.56 Å². The monoisotopic (exact) mass is 387 g/mol. The number of ether oxygens (including phenoxy) is 3. The van der Waals surface area contributed by atoms with Crippen LogP contribution >= 0.6 is 11.6 Å². The molecule has 0 aliphatic heterocycles. The van der Waals surface area contributed by atoms with Gasteiger partial charge < -0.3 is 14.2 Å². The third kappa shape index (κ3) is 5.55. The summed E-state index contributed by atoms with van der Waals surface area (Å²) >= 11 is 6.22. The Labute approximate surface area is 166 Å². The maximum absolute atomic E-state index is 9.05. The summed E-state index contributed by atoms with van der Waals surface area (Å²) < 4.78 is 17.0. The summed E-state index contributed by atoms with van der Waals surface area (Å²) in [5.74, 6) is 1.69. The second-order valence-corrected chi connectivity index (χ2v) is 7.20. The largest absolute Gasteiger partial charge is 0.490 e. The van der Waals surface area contributed by atoms with Gasteiger partial charge in [0.15, 0.2) is 11.5 Å². The lowest BCUT2D eigenvalue weighted by Crippen LogP contribution is -2.15. The lowest BCUT2D eigenvalue weighted by molar-refractivity contribution is 0.208. The van der Waals surface area contributed by atoms with Crippen molar-refractivity contribution in [2.75, 3.05) is 19.8 Å². The van der Waals surface area contributed by atoms with Crippen LogP contribution < -0.4 is 14.2 Å². The highest BCUT2D eigenvalue weighted by Gasteiger charge is 2.17. The van der Waals surface area contributed by atoms with Crippen LogP contribution in [0, 0.1) is 11.3 Å². The highest BCUT2D eigenvalue weighted by atomic mass is 35.5. The average Bonchev–Trinajstić information content (AvgIpc) is 2.67. The first kappa shape index (κ1) is 20.9. The number of hydrogen-bond acceptors (Lipinski definition) is 4. The number of benzene rings is 2. The standard InChI is InChI=1S/C22H26ClNO3/c1-5-22(3,4)17-7-9-18(10-8-17)26-11-12-27-21-19(23)13-16(15-24)14-20(21)25-6-2/h7-10,13-14H,5-6,11-12H2,1-4H3. The lowest BCUT2D eigenvalue weighted by atomic mass is 9.82. The van der Waals surface area contributed by atoms with Crippen molar-refractivity contribution in [3.8, 4) is 23.3 Å². The molecule has 0 aliphatic carbocycles. The van der Waals surface area contributed by atoms with Gasteiger partial charge in [-0.05, 0) is 42.5 Å². The summed E-state index contributed by atoms with van der Waals surface area (Å²) in [5.41, 5.74) is 1.88. The zero-order chi connectivity index (χ0) is 19.9. The molecular weight excluding hydrogens is 362 g/mol. The molecule has 2 aromatic carbocycles. The summed E-state index contributed by atoms with van der Waals surface area (Å²) in [6.07, 6.45) is 1.08. The number of rotatable bonds is 9. The first-order chi connectivity index (χ1) is 12.9. The Morgan fingerprint density at radius 3 is 2.26 bits per heavy atom. The van der Waals surface area contributed by atoms with Gasteiger partial charge in [0.05, 0.1) is 23.3 Å². The van der Waals surface area contributed by atoms with Crippen LogP contribution in [-0.2, 0) is 5.41 Å². The van der Waals surface area contributed by atoms with Gasteiger partial charge in [-0.25, -0.2) is 0 Å². The van der Waals surface area contributed by atoms with E-state index < -0.39 is 0 Å². The fraction of sp³-hybridized carbons (Fsp3) is 0.409. The second kappa shape index (κ2) is 9.53. The smallest absolute Gasteiger partial charge is 0.179 e. The van der Waals surface area contributed by atoms with Crippen LogP contribution in [0.2, 0.25) is 5.02 Å². The van der Waals surface area contributed by atoms with E-state index in [2.05, 4.69) is 39.0 Å². The lowest BCUT2D eigenvalue weighted by Gasteiger charge is -2.23. The fourth-order valence-electron chi connectivity index (χ4n) is 2.55. The van der Waals surface area contributed by atoms with E-state index in [-0.39, 0.29) is 5.41 Å². The molecule has 0 spiro atoms. The Kier molecular flexibility index (Phi) is 7.38. The van der Waals surface area contributed by atoms with Crippen LogP contribution in [0.1, 0.15) is 45.2 Å². The van der Waals surface area contributed by atoms with E-state index in [4.69, 9.17) is 31.1 Å². The molecule has 0 saturated carbocycles. The third-order valence-electron chi connectivity index (χ3n) is 4.56. The highest BCUT2D eigenvalue weighted by Crippen LogP contribution is 2.36. The summed E-state index contributed by atoms with van der Waals surface area (Å²) in [4.78, 5) is 0. The molecule has 0 heterocycles. The van der Waals surface area contributed by atoms with Crippen molar-refractivity contribution >= 4 is 11.6 Å². The average molecular weight is 388 g/mol. The molecule has 0 atom stereocenters. The predicted octanol–water partition coefficient (Wildman–Crippen LogP) is 5.76. The molecule has 0 amide bonds. The van der Waals surface area contributed by atoms with Crippen LogP contribution in [0.25, 0.3) is 0 Å². The van der Waals surface area contributed by atoms with Gasteiger partial charge in [-0.3, -0.25) is 0 Å². The van der Waals surface area contributed by atoms with Crippen LogP contribution in [0.15, 0.2) is 36.4 Å². The summed E-state index contributed by atoms with van der Waals surface area (Å²) in [6.45, 7) is 9.66. The Hall–Kier alpha value is -2.38. The molecule has 0 bridgehead atoms. The second-order valence-electron chi connectivity index (χ2n) is 6.79. The number of nitrogens with zero attached hydrogens (tertiary/aromatic N) is 1. The van der Waals surface area contributed by atoms with E-state index in [1.807, 2.05) is 19.1 Å². The van der Waals surface area contributed by atoms with Crippen molar-refractivity contribution in [3.05, 3.63) is 52.5 Å². The minimum atomic E-state index is 0.156. The summed E-state index contributed by atoms with van der Waals surface area (Å²) in [5, 5.41) is 9.40. The van der Waals surface area contributed by atoms with Gasteiger partial charge in [0.25, 0.3) is 0 Å². The predicted molar refractivity (Wildman–Crippen MR) is 108 cm³/mol. The molecule has 0 aromatic heterocycles. The van der Waals surface area contributed by atoms with Gasteiger partial charge in [0, 0.05) is 6.07 Å². The number of hydrogen-bond donors (Lipinski definition) is 0. The quantitative estimate of drug-likeness (QED) is 0.513. The van der Waals surface area contributed by atoms with Crippen molar-refractivity contribution in [1.29, 1.82) is 5.26 Å². The van der Waals surface area contributed by atoms with E-state index >= 15 is 0 Å². The number of nitriles is 1. The van der Waals surface area contributed by atoms with Gasteiger partial charge in [-0.15, -0.1) is 0 Å². The van der Waals surface area contributed by atoms with Crippen LogP contribution in [0.4, 0.5) is 0 Å². The molecule has 2 aromatic rings. The van der Waals surface area contributed by atoms with Crippen molar-refractivity contribution < 1.29 is 14.2 Å². The summed E-state index contributed by atoms with van der Waals surface area (Å²) in [6, 6.07) is 13.4. The molecule has 4 nitrogen and oxygen atoms in total. The maximum atomic E-state index is 9.05. The molecule has 0 unspecified atom stereocenters. The Bertz CT molecular complexity index is 794. The minimum Gasteiger partial charge on any atom is -0.490 e. The molecule has 0 aliphatic rings. The molecular formula is C22H26ClNO3. The molecule has 27 heavy (non-hydrogen) atoms. The number of halogens is 1. The minimum absolute atomic E-state index is 0.156. The first-order valence-electron chi connectivity index (χ1n) is 9.13. The highest BCUT2D eigenvalue weighted by molar-refractivity contribution is 6.32. The topological polar surface area (TPSA) is 51.5 Å². The first-order valence-corrected chi connectivity index (χ1v) is 9.51. The van der Waals surface area contributed by atoms with E-state index in [9.17, 15) is 0 Å². The van der Waals surface area contributed by atoms with Gasteiger partial charge in [0.1, 0.15) is 19.0 Å². The Morgan fingerprint density at radius 2 is 1.67 bits per heavy atom. The van der Waals surface area contributed by atoms with E-state index in [0.717, 1.165) is 12.2 Å². The zero-order valence-electron chi connectivity index (χ0n) is 16.3. The van der Waals surface area contributed by atoms with Gasteiger partial charge >= 0.3 is 0 Å². The van der Waals surface area contributed by atoms with Crippen LogP contribution in [-0.4, -0.2) is 19.8 Å². The SMILES string of the molecule is CCOc1cc(C#N)cc(Cl)c1OCCOc1ccc(C(C)(C)CC)cc1. The van der Waals surface area contributed by atoms with Gasteiger partial charge in [0.2, 0.25) is 0 Å².